The molecule has 2 atom stereocenters. The van der Waals surface area contributed by atoms with E-state index in [-0.39, 0.29) is 17.8 Å². The third-order valence-electron chi connectivity index (χ3n) is 3.49. The topological polar surface area (TPSA) is 54.4 Å². The van der Waals surface area contributed by atoms with E-state index >= 15 is 0 Å². The number of piperidine rings is 1. The van der Waals surface area contributed by atoms with E-state index in [0.717, 1.165) is 5.70 Å². The lowest BCUT2D eigenvalue weighted by molar-refractivity contribution is 0.0222. The predicted octanol–water partition coefficient (Wildman–Crippen LogP) is 2.54. The van der Waals surface area contributed by atoms with Crippen LogP contribution in [0.25, 0.3) is 0 Å². The Morgan fingerprint density at radius 3 is 2.75 bits per heavy atom. The Morgan fingerprint density at radius 2 is 2.25 bits per heavy atom. The van der Waals surface area contributed by atoms with Gasteiger partial charge in [0.05, 0.1) is 12.2 Å². The van der Waals surface area contributed by atoms with Crippen LogP contribution in [0.15, 0.2) is 29.4 Å². The molecule has 0 aliphatic carbocycles. The molecule has 2 rings (SSSR count). The van der Waals surface area contributed by atoms with Gasteiger partial charge in [-0.3, -0.25) is 4.99 Å². The molecule has 0 aromatic heterocycles. The van der Waals surface area contributed by atoms with Crippen LogP contribution in [0.1, 0.15) is 27.2 Å². The lowest BCUT2D eigenvalue weighted by atomic mass is 9.93. The number of fused-ring (bicyclic) bond motifs is 1. The van der Waals surface area contributed by atoms with Gasteiger partial charge in [-0.1, -0.05) is 12.7 Å². The summed E-state index contributed by atoms with van der Waals surface area (Å²) in [4.78, 5) is 17.7. The van der Waals surface area contributed by atoms with Gasteiger partial charge in [0, 0.05) is 13.0 Å². The predicted molar refractivity (Wildman–Crippen MR) is 77.9 cm³/mol. The van der Waals surface area contributed by atoms with Crippen molar-refractivity contribution in [1.82, 2.24) is 4.90 Å². The number of hydrogen-bond acceptors (Lipinski definition) is 4. The van der Waals surface area contributed by atoms with E-state index in [0.29, 0.717) is 19.5 Å². The summed E-state index contributed by atoms with van der Waals surface area (Å²) < 4.78 is 11.2. The number of ether oxygens (including phenoxy) is 2. The van der Waals surface area contributed by atoms with Crippen LogP contribution in [0, 0.1) is 0 Å². The molecule has 110 valence electrons. The van der Waals surface area contributed by atoms with Crippen molar-refractivity contribution in [2.24, 2.45) is 4.99 Å². The number of carbonyl (C=O) groups is 1. The van der Waals surface area contributed by atoms with E-state index in [9.17, 15) is 4.79 Å². The largest absolute Gasteiger partial charge is 0.444 e. The number of hydrogen-bond donors (Lipinski definition) is 0. The molecular formula is C15H22N2O3. The minimum atomic E-state index is -0.480. The molecule has 0 saturated carbocycles. The average molecular weight is 278 g/mol. The lowest BCUT2D eigenvalue weighted by Crippen LogP contribution is -2.45. The van der Waals surface area contributed by atoms with Gasteiger partial charge in [0.25, 0.3) is 0 Å². The summed E-state index contributed by atoms with van der Waals surface area (Å²) in [7, 11) is 0. The smallest absolute Gasteiger partial charge is 0.410 e. The van der Waals surface area contributed by atoms with E-state index in [2.05, 4.69) is 18.3 Å². The van der Waals surface area contributed by atoms with Crippen molar-refractivity contribution < 1.29 is 14.3 Å². The standard InChI is InChI=1S/C15H22N2O3/c1-6-7-11(16-5)15-8-9-17(10-12(15)19-15)13(18)20-14(2,3)4/h6-7,12H,1,5,8-10H2,2-4H3/b11-7-/t12?,15-/m1/s1. The quantitative estimate of drug-likeness (QED) is 0.453. The maximum Gasteiger partial charge on any atom is 0.410 e. The number of likely N-dealkylation sites (tertiary alicyclic amines) is 1. The van der Waals surface area contributed by atoms with Crippen molar-refractivity contribution in [2.45, 2.75) is 44.5 Å². The molecule has 0 bridgehead atoms. The summed E-state index contributed by atoms with van der Waals surface area (Å²) in [5, 5.41) is 0. The van der Waals surface area contributed by atoms with Crippen molar-refractivity contribution >= 4 is 12.8 Å². The summed E-state index contributed by atoms with van der Waals surface area (Å²) in [6.07, 6.45) is 3.88. The Balaban J connectivity index is 2.00. The highest BCUT2D eigenvalue weighted by atomic mass is 16.6. The van der Waals surface area contributed by atoms with Crippen LogP contribution in [-0.2, 0) is 9.47 Å². The van der Waals surface area contributed by atoms with Gasteiger partial charge in [0.15, 0.2) is 0 Å². The summed E-state index contributed by atoms with van der Waals surface area (Å²) in [5.41, 5.74) is -0.0672. The first-order chi connectivity index (χ1) is 9.32. The zero-order valence-electron chi connectivity index (χ0n) is 12.4. The third kappa shape index (κ3) is 2.77. The average Bonchev–Trinajstić information content (AvgIpc) is 3.07. The van der Waals surface area contributed by atoms with Gasteiger partial charge in [-0.2, -0.15) is 0 Å². The van der Waals surface area contributed by atoms with Crippen molar-refractivity contribution in [1.29, 1.82) is 0 Å². The molecule has 2 aliphatic heterocycles. The first-order valence-corrected chi connectivity index (χ1v) is 6.78. The van der Waals surface area contributed by atoms with Crippen LogP contribution in [0.5, 0.6) is 0 Å². The summed E-state index contributed by atoms with van der Waals surface area (Å²) in [5.74, 6) is 0. The molecule has 20 heavy (non-hydrogen) atoms. The van der Waals surface area contributed by atoms with Crippen LogP contribution in [0.3, 0.4) is 0 Å². The molecule has 2 fully saturated rings. The molecule has 2 aliphatic rings. The number of aliphatic imine (C=N–C) groups is 1. The highest BCUT2D eigenvalue weighted by Crippen LogP contribution is 2.49. The Kier molecular flexibility index (Phi) is 3.73. The van der Waals surface area contributed by atoms with Gasteiger partial charge < -0.3 is 14.4 Å². The van der Waals surface area contributed by atoms with E-state index in [1.807, 2.05) is 26.8 Å². The van der Waals surface area contributed by atoms with Gasteiger partial charge in [0.1, 0.15) is 17.3 Å². The maximum atomic E-state index is 12.0. The third-order valence-corrected chi connectivity index (χ3v) is 3.49. The molecule has 5 nitrogen and oxygen atoms in total. The molecule has 1 unspecified atom stereocenters. The minimum absolute atomic E-state index is 0.0273. The number of amides is 1. The van der Waals surface area contributed by atoms with Crippen molar-refractivity contribution in [2.75, 3.05) is 13.1 Å². The van der Waals surface area contributed by atoms with Crippen LogP contribution in [0.4, 0.5) is 4.79 Å². The van der Waals surface area contributed by atoms with Crippen molar-refractivity contribution in [3.63, 3.8) is 0 Å². The molecule has 0 spiro atoms. The van der Waals surface area contributed by atoms with Gasteiger partial charge in [0.2, 0.25) is 0 Å². The molecule has 0 aromatic rings. The van der Waals surface area contributed by atoms with E-state index < -0.39 is 5.60 Å². The number of rotatable bonds is 3. The van der Waals surface area contributed by atoms with Gasteiger partial charge in [-0.25, -0.2) is 4.79 Å². The number of carbonyl (C=O) groups excluding carboxylic acids is 1. The maximum absolute atomic E-state index is 12.0. The highest BCUT2D eigenvalue weighted by Gasteiger charge is 2.62. The fourth-order valence-corrected chi connectivity index (χ4v) is 2.50. The second-order valence-electron chi connectivity index (χ2n) is 6.12. The Hall–Kier alpha value is -1.62. The molecule has 2 heterocycles. The second-order valence-corrected chi connectivity index (χ2v) is 6.12. The molecular weight excluding hydrogens is 256 g/mol. The number of allylic oxidation sites excluding steroid dienone is 2. The number of nitrogens with zero attached hydrogens (tertiary/aromatic N) is 2. The summed E-state index contributed by atoms with van der Waals surface area (Å²) in [6, 6.07) is 0. The Morgan fingerprint density at radius 1 is 1.55 bits per heavy atom. The zero-order chi connectivity index (χ0) is 15.0. The molecule has 1 amide bonds. The fraction of sp³-hybridized carbons (Fsp3) is 0.600. The SMILES string of the molecule is C=C/C=C(\N=C)[C@]12CCN(C(=O)OC(C)(C)C)CC1O2. The first kappa shape index (κ1) is 14.8. The van der Waals surface area contributed by atoms with Crippen LogP contribution in [0.2, 0.25) is 0 Å². The van der Waals surface area contributed by atoms with E-state index in [4.69, 9.17) is 9.47 Å². The molecule has 0 N–H and O–H groups in total. The zero-order valence-corrected chi connectivity index (χ0v) is 12.4. The normalized spacial score (nSPS) is 29.4. The minimum Gasteiger partial charge on any atom is -0.444 e. The van der Waals surface area contributed by atoms with Gasteiger partial charge in [-0.05, 0) is 33.6 Å². The monoisotopic (exact) mass is 278 g/mol. The first-order valence-electron chi connectivity index (χ1n) is 6.78. The highest BCUT2D eigenvalue weighted by molar-refractivity contribution is 5.68. The van der Waals surface area contributed by atoms with Gasteiger partial charge in [-0.15, -0.1) is 0 Å². The fourth-order valence-electron chi connectivity index (χ4n) is 2.50. The van der Waals surface area contributed by atoms with Crippen molar-refractivity contribution in [3.05, 3.63) is 24.4 Å². The van der Waals surface area contributed by atoms with Crippen LogP contribution < -0.4 is 0 Å². The lowest BCUT2D eigenvalue weighted by Gasteiger charge is -2.30. The van der Waals surface area contributed by atoms with E-state index in [1.54, 1.807) is 11.0 Å². The van der Waals surface area contributed by atoms with Crippen LogP contribution in [-0.4, -0.2) is 48.1 Å². The molecule has 2 saturated heterocycles. The second kappa shape index (κ2) is 5.05. The van der Waals surface area contributed by atoms with Gasteiger partial charge >= 0.3 is 6.09 Å². The van der Waals surface area contributed by atoms with E-state index in [1.165, 1.54) is 0 Å². The molecule has 0 radical (unpaired) electrons. The summed E-state index contributed by atoms with van der Waals surface area (Å²) in [6.45, 7) is 14.0. The molecule has 0 aromatic carbocycles. The number of epoxide rings is 1. The van der Waals surface area contributed by atoms with Crippen molar-refractivity contribution in [3.8, 4) is 0 Å². The molecule has 5 heteroatoms. The summed E-state index contributed by atoms with van der Waals surface area (Å²) >= 11 is 0. The Bertz CT molecular complexity index is 464. The van der Waals surface area contributed by atoms with Crippen LogP contribution >= 0.6 is 0 Å². The Labute approximate surface area is 120 Å².